The summed E-state index contributed by atoms with van der Waals surface area (Å²) in [6.07, 6.45) is 0.948. The zero-order valence-corrected chi connectivity index (χ0v) is 18.8. The number of hydrogen-bond donors (Lipinski definition) is 1. The number of piperazine rings is 1. The normalized spacial score (nSPS) is 17.6. The van der Waals surface area contributed by atoms with Crippen molar-refractivity contribution in [2.75, 3.05) is 59.2 Å². The first-order chi connectivity index (χ1) is 13.5. The van der Waals surface area contributed by atoms with Crippen molar-refractivity contribution in [1.29, 1.82) is 0 Å². The molecule has 0 saturated carbocycles. The van der Waals surface area contributed by atoms with Gasteiger partial charge in [0.25, 0.3) is 5.69 Å². The molecule has 0 spiro atoms. The van der Waals surface area contributed by atoms with Crippen molar-refractivity contribution in [2.45, 2.75) is 31.2 Å². The number of nitro groups is 1. The van der Waals surface area contributed by atoms with Crippen LogP contribution in [0.4, 0.5) is 11.4 Å². The van der Waals surface area contributed by atoms with Gasteiger partial charge in [-0.05, 0) is 45.6 Å². The Balaban J connectivity index is 2.23. The Bertz CT molecular complexity index is 805. The van der Waals surface area contributed by atoms with Crippen LogP contribution in [-0.4, -0.2) is 87.4 Å². The highest BCUT2D eigenvalue weighted by molar-refractivity contribution is 7.89. The van der Waals surface area contributed by atoms with E-state index in [1.165, 1.54) is 22.5 Å². The van der Waals surface area contributed by atoms with Gasteiger partial charge >= 0.3 is 0 Å². The highest BCUT2D eigenvalue weighted by Gasteiger charge is 2.29. The van der Waals surface area contributed by atoms with E-state index in [0.29, 0.717) is 44.3 Å². The molecule has 0 aliphatic carbocycles. The summed E-state index contributed by atoms with van der Waals surface area (Å²) in [5, 5.41) is 14.8. The highest BCUT2D eigenvalue weighted by Crippen LogP contribution is 2.29. The summed E-state index contributed by atoms with van der Waals surface area (Å²) in [4.78, 5) is 15.2. The number of hydrogen-bond acceptors (Lipinski definition) is 7. The number of nitrogens with one attached hydrogen (secondary N) is 1. The lowest BCUT2D eigenvalue weighted by molar-refractivity contribution is -0.384. The molecule has 0 radical (unpaired) electrons. The quantitative estimate of drug-likeness (QED) is 0.475. The fourth-order valence-electron chi connectivity index (χ4n) is 3.40. The van der Waals surface area contributed by atoms with Crippen molar-refractivity contribution in [2.24, 2.45) is 5.92 Å². The second kappa shape index (κ2) is 9.84. The maximum absolute atomic E-state index is 12.9. The van der Waals surface area contributed by atoms with E-state index in [-0.39, 0.29) is 16.6 Å². The SMILES string of the molecule is CC(C)CC(CNc1ccc(S(=O)(=O)N2CCN(C)CC2)cc1[N+](=O)[O-])N(C)C. The van der Waals surface area contributed by atoms with Gasteiger partial charge < -0.3 is 15.1 Å². The fourth-order valence-corrected chi connectivity index (χ4v) is 4.84. The van der Waals surface area contributed by atoms with Crippen LogP contribution in [-0.2, 0) is 10.0 Å². The van der Waals surface area contributed by atoms with Crippen LogP contribution in [0.2, 0.25) is 0 Å². The Morgan fingerprint density at radius 3 is 2.34 bits per heavy atom. The van der Waals surface area contributed by atoms with Gasteiger partial charge in [0.05, 0.1) is 9.82 Å². The molecule has 1 N–H and O–H groups in total. The third-order valence-electron chi connectivity index (χ3n) is 5.27. The molecule has 0 aromatic heterocycles. The van der Waals surface area contributed by atoms with Gasteiger partial charge in [0.1, 0.15) is 5.69 Å². The third kappa shape index (κ3) is 6.11. The lowest BCUT2D eigenvalue weighted by Crippen LogP contribution is -2.47. The van der Waals surface area contributed by atoms with E-state index < -0.39 is 14.9 Å². The topological polar surface area (TPSA) is 99.0 Å². The summed E-state index contributed by atoms with van der Waals surface area (Å²) in [6, 6.07) is 4.34. The van der Waals surface area contributed by atoms with E-state index >= 15 is 0 Å². The van der Waals surface area contributed by atoms with E-state index in [9.17, 15) is 18.5 Å². The molecule has 9 nitrogen and oxygen atoms in total. The number of rotatable bonds is 9. The van der Waals surface area contributed by atoms with Crippen molar-refractivity contribution in [3.63, 3.8) is 0 Å². The number of anilines is 1. The second-order valence-electron chi connectivity index (χ2n) is 8.27. The van der Waals surface area contributed by atoms with Crippen molar-refractivity contribution >= 4 is 21.4 Å². The van der Waals surface area contributed by atoms with Crippen LogP contribution in [0.3, 0.4) is 0 Å². The minimum Gasteiger partial charge on any atom is -0.378 e. The van der Waals surface area contributed by atoms with Gasteiger partial charge in [0.15, 0.2) is 0 Å². The summed E-state index contributed by atoms with van der Waals surface area (Å²) in [5.41, 5.74) is 0.116. The van der Waals surface area contributed by atoms with E-state index in [1.54, 1.807) is 0 Å². The molecule has 1 fully saturated rings. The average Bonchev–Trinajstić information content (AvgIpc) is 2.64. The molecule has 1 aromatic rings. The van der Waals surface area contributed by atoms with Crippen molar-refractivity contribution < 1.29 is 13.3 Å². The summed E-state index contributed by atoms with van der Waals surface area (Å²) in [7, 11) is 2.15. The Morgan fingerprint density at radius 2 is 1.83 bits per heavy atom. The van der Waals surface area contributed by atoms with Crippen LogP contribution in [0.1, 0.15) is 20.3 Å². The van der Waals surface area contributed by atoms with Crippen LogP contribution in [0.15, 0.2) is 23.1 Å². The number of nitro benzene ring substituents is 1. The van der Waals surface area contributed by atoms with Gasteiger partial charge in [-0.25, -0.2) is 8.42 Å². The molecule has 164 valence electrons. The highest BCUT2D eigenvalue weighted by atomic mass is 32.2. The van der Waals surface area contributed by atoms with Crippen molar-refractivity contribution in [3.8, 4) is 0 Å². The van der Waals surface area contributed by atoms with E-state index in [1.807, 2.05) is 21.1 Å². The predicted molar refractivity (Wildman–Crippen MR) is 115 cm³/mol. The first kappa shape index (κ1) is 23.5. The first-order valence-electron chi connectivity index (χ1n) is 9.89. The van der Waals surface area contributed by atoms with Crippen molar-refractivity contribution in [3.05, 3.63) is 28.3 Å². The molecule has 1 saturated heterocycles. The first-order valence-corrected chi connectivity index (χ1v) is 11.3. The lowest BCUT2D eigenvalue weighted by atomic mass is 10.0. The monoisotopic (exact) mass is 427 g/mol. The molecule has 1 atom stereocenters. The van der Waals surface area contributed by atoms with Crippen LogP contribution in [0.5, 0.6) is 0 Å². The van der Waals surface area contributed by atoms with Crippen LogP contribution in [0, 0.1) is 16.0 Å². The van der Waals surface area contributed by atoms with Gasteiger partial charge in [-0.15, -0.1) is 0 Å². The maximum atomic E-state index is 12.9. The molecule has 1 heterocycles. The molecule has 1 aliphatic heterocycles. The number of sulfonamides is 1. The second-order valence-corrected chi connectivity index (χ2v) is 10.2. The Morgan fingerprint density at radius 1 is 1.21 bits per heavy atom. The third-order valence-corrected chi connectivity index (χ3v) is 7.16. The van der Waals surface area contributed by atoms with Crippen molar-refractivity contribution in [1.82, 2.24) is 14.1 Å². The molecule has 2 rings (SSSR count). The number of likely N-dealkylation sites (N-methyl/N-ethyl adjacent to an activating group) is 2. The smallest absolute Gasteiger partial charge is 0.293 e. The molecule has 10 heteroatoms. The standard InChI is InChI=1S/C19H33N5O4S/c1-15(2)12-16(21(3)4)14-20-18-7-6-17(13-19(18)24(25)26)29(27,28)23-10-8-22(5)9-11-23/h6-7,13,15-16,20H,8-12,14H2,1-5H3. The Labute approximate surface area is 173 Å². The molecule has 1 unspecified atom stereocenters. The zero-order chi connectivity index (χ0) is 21.8. The van der Waals surface area contributed by atoms with Gasteiger partial charge in [0.2, 0.25) is 10.0 Å². The van der Waals surface area contributed by atoms with Crippen LogP contribution >= 0.6 is 0 Å². The summed E-state index contributed by atoms with van der Waals surface area (Å²) < 4.78 is 27.2. The molecule has 0 amide bonds. The summed E-state index contributed by atoms with van der Waals surface area (Å²) >= 11 is 0. The van der Waals surface area contributed by atoms with E-state index in [4.69, 9.17) is 0 Å². The average molecular weight is 428 g/mol. The number of benzene rings is 1. The molecular formula is C19H33N5O4S. The number of nitrogens with zero attached hydrogens (tertiary/aromatic N) is 4. The molecule has 29 heavy (non-hydrogen) atoms. The minimum absolute atomic E-state index is 0.0364. The van der Waals surface area contributed by atoms with E-state index in [2.05, 4.69) is 29.0 Å². The predicted octanol–water partition coefficient (Wildman–Crippen LogP) is 1.92. The van der Waals surface area contributed by atoms with Gasteiger partial charge in [0, 0.05) is 44.8 Å². The maximum Gasteiger partial charge on any atom is 0.293 e. The molecule has 0 bridgehead atoms. The molecule has 1 aromatic carbocycles. The molecule has 1 aliphatic rings. The van der Waals surface area contributed by atoms with E-state index in [0.717, 1.165) is 6.42 Å². The summed E-state index contributed by atoms with van der Waals surface area (Å²) in [6.45, 7) is 6.86. The minimum atomic E-state index is -3.75. The van der Waals surface area contributed by atoms with Gasteiger partial charge in [-0.2, -0.15) is 4.31 Å². The van der Waals surface area contributed by atoms with Crippen LogP contribution in [0.25, 0.3) is 0 Å². The largest absolute Gasteiger partial charge is 0.378 e. The van der Waals surface area contributed by atoms with Crippen LogP contribution < -0.4 is 5.32 Å². The Kier molecular flexibility index (Phi) is 7.98. The summed E-state index contributed by atoms with van der Waals surface area (Å²) in [5.74, 6) is 0.496. The lowest BCUT2D eigenvalue weighted by Gasteiger charge is -2.31. The van der Waals surface area contributed by atoms with Gasteiger partial charge in [-0.3, -0.25) is 10.1 Å². The van der Waals surface area contributed by atoms with Gasteiger partial charge in [-0.1, -0.05) is 13.8 Å². The fraction of sp³-hybridized carbons (Fsp3) is 0.684. The zero-order valence-electron chi connectivity index (χ0n) is 18.0. The Hall–Kier alpha value is -1.75. The molecular weight excluding hydrogens is 394 g/mol.